The van der Waals surface area contributed by atoms with Crippen molar-refractivity contribution >= 4 is 57.1 Å². The molecule has 2 aliphatic rings. The van der Waals surface area contributed by atoms with Crippen molar-refractivity contribution in [2.45, 2.75) is 30.6 Å². The number of nitrogens with one attached hydrogen (secondary N) is 2. The number of methoxy groups -OCH3 is 1. The lowest BCUT2D eigenvalue weighted by Crippen LogP contribution is -2.47. The molecule has 4 heterocycles. The van der Waals surface area contributed by atoms with Crippen LogP contribution in [0.3, 0.4) is 0 Å². The van der Waals surface area contributed by atoms with Gasteiger partial charge >= 0.3 is 0 Å². The Bertz CT molecular complexity index is 2090. The molecule has 1 atom stereocenters. The first-order chi connectivity index (χ1) is 26.3. The third-order valence-electron chi connectivity index (χ3n) is 9.64. The van der Waals surface area contributed by atoms with Gasteiger partial charge in [-0.15, -0.1) is 11.3 Å². The molecule has 2 N–H and O–H groups in total. The van der Waals surface area contributed by atoms with Crippen LogP contribution in [0, 0.1) is 18.6 Å². The van der Waals surface area contributed by atoms with Crippen LogP contribution in [-0.2, 0) is 15.7 Å². The molecule has 2 aliphatic heterocycles. The highest BCUT2D eigenvalue weighted by atomic mass is 32.2. The highest BCUT2D eigenvalue weighted by molar-refractivity contribution is 7.98. The van der Waals surface area contributed by atoms with E-state index in [1.807, 2.05) is 23.9 Å². The molecule has 2 fully saturated rings. The zero-order valence-corrected chi connectivity index (χ0v) is 32.9. The number of piperazine rings is 1. The van der Waals surface area contributed by atoms with Crippen LogP contribution < -0.4 is 19.7 Å². The molecule has 0 saturated carbocycles. The average molecular weight is 792 g/mol. The van der Waals surface area contributed by atoms with Crippen LogP contribution in [-0.4, -0.2) is 89.1 Å². The number of nitrogens with zero attached hydrogens (tertiary/aromatic N) is 5. The van der Waals surface area contributed by atoms with E-state index in [0.29, 0.717) is 42.0 Å². The SMILES string of the molecule is COc1cc(N2CCN(CCSC)CC2)c(C)cc1Nc1nccc(-c2sc(C3CCOCC3)nc2-c2cccc(NS(=O)c3c(F)cccc3F)c2)n1. The lowest BCUT2D eigenvalue weighted by Gasteiger charge is -2.37. The molecule has 0 spiro atoms. The second-order valence-electron chi connectivity index (χ2n) is 13.2. The van der Waals surface area contributed by atoms with E-state index in [2.05, 4.69) is 50.1 Å². The Balaban J connectivity index is 1.17. The third kappa shape index (κ3) is 8.70. The van der Waals surface area contributed by atoms with Gasteiger partial charge in [-0.2, -0.15) is 11.8 Å². The highest BCUT2D eigenvalue weighted by Gasteiger charge is 2.25. The molecular formula is C39H43F2N7O3S3. The Kier molecular flexibility index (Phi) is 12.4. The second kappa shape index (κ2) is 17.5. The molecule has 54 heavy (non-hydrogen) atoms. The number of halogens is 2. The van der Waals surface area contributed by atoms with Gasteiger partial charge in [0.2, 0.25) is 5.95 Å². The van der Waals surface area contributed by atoms with Gasteiger partial charge in [0.25, 0.3) is 0 Å². The average Bonchev–Trinajstić information content (AvgIpc) is 3.64. The third-order valence-corrected chi connectivity index (χ3v) is 12.7. The first-order valence-corrected chi connectivity index (χ1v) is 21.2. The van der Waals surface area contributed by atoms with Crippen molar-refractivity contribution < 1.29 is 22.5 Å². The van der Waals surface area contributed by atoms with Crippen LogP contribution in [0.5, 0.6) is 5.75 Å². The summed E-state index contributed by atoms with van der Waals surface area (Å²) in [5.74, 6) is 0.724. The second-order valence-corrected chi connectivity index (χ2v) is 16.3. The zero-order chi connectivity index (χ0) is 37.6. The van der Waals surface area contributed by atoms with Crippen molar-refractivity contribution in [1.29, 1.82) is 0 Å². The number of anilines is 4. The molecule has 2 saturated heterocycles. The summed E-state index contributed by atoms with van der Waals surface area (Å²) in [5, 5.41) is 4.38. The summed E-state index contributed by atoms with van der Waals surface area (Å²) >= 11 is 3.47. The number of aryl methyl sites for hydroxylation is 1. The topological polar surface area (TPSA) is 105 Å². The van der Waals surface area contributed by atoms with Crippen molar-refractivity contribution in [2.75, 3.05) is 80.0 Å². The van der Waals surface area contributed by atoms with Gasteiger partial charge < -0.3 is 24.4 Å². The standard InChI is InChI=1S/C39H43F2N7O3S3/c1-25-22-32(34(50-2)24-33(25)48-16-14-47(15-17-48)18-21-52-3)44-39-42-13-10-31(43-39)36-35(45-38(53-36)26-11-19-51-20-12-26)27-6-4-7-28(23-27)46-54(49)37-29(40)8-5-9-30(37)41/h4-10,13,22-24,26,46H,11-12,14-21H2,1-3H3,(H,42,43,44). The van der Waals surface area contributed by atoms with E-state index in [0.717, 1.165) is 95.8 Å². The van der Waals surface area contributed by atoms with Gasteiger partial charge in [0, 0.05) is 86.8 Å². The molecule has 7 rings (SSSR count). The van der Waals surface area contributed by atoms with E-state index in [-0.39, 0.29) is 5.92 Å². The molecule has 284 valence electrons. The largest absolute Gasteiger partial charge is 0.494 e. The van der Waals surface area contributed by atoms with E-state index in [9.17, 15) is 13.0 Å². The summed E-state index contributed by atoms with van der Waals surface area (Å²) in [5.41, 5.74) is 5.59. The van der Waals surface area contributed by atoms with Gasteiger partial charge in [-0.25, -0.2) is 27.9 Å². The number of hydrogen-bond acceptors (Lipinski definition) is 11. The van der Waals surface area contributed by atoms with Crippen LogP contribution in [0.25, 0.3) is 21.8 Å². The van der Waals surface area contributed by atoms with E-state index >= 15 is 0 Å². The summed E-state index contributed by atoms with van der Waals surface area (Å²) in [6.07, 6.45) is 5.59. The highest BCUT2D eigenvalue weighted by Crippen LogP contribution is 2.42. The Morgan fingerprint density at radius 1 is 1.02 bits per heavy atom. The number of thioether (sulfide) groups is 1. The number of thiazole rings is 1. The minimum absolute atomic E-state index is 0.234. The van der Waals surface area contributed by atoms with Crippen LogP contribution in [0.2, 0.25) is 0 Å². The van der Waals surface area contributed by atoms with Gasteiger partial charge in [0.15, 0.2) is 11.0 Å². The normalized spacial score (nSPS) is 16.0. The van der Waals surface area contributed by atoms with E-state index in [1.165, 1.54) is 6.07 Å². The van der Waals surface area contributed by atoms with Crippen LogP contribution in [0.15, 0.2) is 71.8 Å². The number of rotatable bonds is 13. The molecule has 15 heteroatoms. The number of ether oxygens (including phenoxy) is 2. The van der Waals surface area contributed by atoms with Crippen molar-refractivity contribution in [1.82, 2.24) is 19.9 Å². The minimum atomic E-state index is -2.17. The fourth-order valence-corrected chi connectivity index (χ4v) is 9.36. The number of aromatic nitrogens is 3. The summed E-state index contributed by atoms with van der Waals surface area (Å²) < 4.78 is 56.2. The van der Waals surface area contributed by atoms with E-state index in [4.69, 9.17) is 19.4 Å². The van der Waals surface area contributed by atoms with E-state index < -0.39 is 27.5 Å². The summed E-state index contributed by atoms with van der Waals surface area (Å²) in [6, 6.07) is 16.6. The first-order valence-electron chi connectivity index (χ1n) is 17.9. The summed E-state index contributed by atoms with van der Waals surface area (Å²) in [7, 11) is -0.501. The quantitative estimate of drug-likeness (QED) is 0.122. The molecule has 2 aromatic heterocycles. The molecule has 1 unspecified atom stereocenters. The zero-order valence-electron chi connectivity index (χ0n) is 30.4. The Labute approximate surface area is 325 Å². The minimum Gasteiger partial charge on any atom is -0.494 e. The Morgan fingerprint density at radius 3 is 2.52 bits per heavy atom. The molecule has 5 aromatic rings. The predicted octanol–water partition coefficient (Wildman–Crippen LogP) is 8.12. The monoisotopic (exact) mass is 791 g/mol. The summed E-state index contributed by atoms with van der Waals surface area (Å²) in [4.78, 5) is 19.9. The van der Waals surface area contributed by atoms with Crippen LogP contribution in [0.4, 0.5) is 31.8 Å². The lowest BCUT2D eigenvalue weighted by molar-refractivity contribution is 0.0853. The molecule has 0 radical (unpaired) electrons. The van der Waals surface area contributed by atoms with Gasteiger partial charge in [0.1, 0.15) is 22.3 Å². The molecule has 0 amide bonds. The van der Waals surface area contributed by atoms with Crippen molar-refractivity contribution in [3.63, 3.8) is 0 Å². The Hall–Kier alpha value is -4.15. The number of hydrogen-bond donors (Lipinski definition) is 2. The molecule has 10 nitrogen and oxygen atoms in total. The fourth-order valence-electron chi connectivity index (χ4n) is 6.76. The maximum atomic E-state index is 14.4. The maximum Gasteiger partial charge on any atom is 0.227 e. The molecule has 3 aromatic carbocycles. The van der Waals surface area contributed by atoms with Gasteiger partial charge in [-0.05, 0) is 68.0 Å². The smallest absolute Gasteiger partial charge is 0.227 e. The van der Waals surface area contributed by atoms with Crippen molar-refractivity contribution in [3.05, 3.63) is 89.1 Å². The van der Waals surface area contributed by atoms with Crippen LogP contribution in [0.1, 0.15) is 29.3 Å². The lowest BCUT2D eigenvalue weighted by atomic mass is 10.0. The van der Waals surface area contributed by atoms with E-state index in [1.54, 1.807) is 42.8 Å². The Morgan fingerprint density at radius 2 is 1.78 bits per heavy atom. The maximum absolute atomic E-state index is 14.4. The molecule has 0 bridgehead atoms. The molecule has 0 aliphatic carbocycles. The van der Waals surface area contributed by atoms with Crippen molar-refractivity contribution in [2.24, 2.45) is 0 Å². The van der Waals surface area contributed by atoms with Crippen molar-refractivity contribution in [3.8, 4) is 27.6 Å². The predicted molar refractivity (Wildman–Crippen MR) is 216 cm³/mol. The summed E-state index contributed by atoms with van der Waals surface area (Å²) in [6.45, 7) is 8.56. The fraction of sp³-hybridized carbons (Fsp3) is 0.359. The van der Waals surface area contributed by atoms with Gasteiger partial charge in [0.05, 0.1) is 34.1 Å². The van der Waals surface area contributed by atoms with Gasteiger partial charge in [-0.1, -0.05) is 18.2 Å². The van der Waals surface area contributed by atoms with Gasteiger partial charge in [-0.3, -0.25) is 4.90 Å². The van der Waals surface area contributed by atoms with Crippen LogP contribution >= 0.6 is 23.1 Å². The first kappa shape index (κ1) is 38.1. The number of benzene rings is 3. The molecular weight excluding hydrogens is 749 g/mol.